The van der Waals surface area contributed by atoms with Gasteiger partial charge in [-0.2, -0.15) is 8.42 Å². The lowest BCUT2D eigenvalue weighted by atomic mass is 10.1. The molecule has 5 nitrogen and oxygen atoms in total. The molecule has 7 heteroatoms. The Morgan fingerprint density at radius 2 is 1.77 bits per heavy atom. The van der Waals surface area contributed by atoms with E-state index in [1.807, 2.05) is 25.3 Å². The Labute approximate surface area is 157 Å². The van der Waals surface area contributed by atoms with Crippen LogP contribution in [-0.2, 0) is 21.3 Å². The molecule has 0 aliphatic carbocycles. The fourth-order valence-corrected chi connectivity index (χ4v) is 5.16. The third-order valence-electron chi connectivity index (χ3n) is 4.15. The van der Waals surface area contributed by atoms with Gasteiger partial charge in [0.15, 0.2) is 0 Å². The second kappa shape index (κ2) is 7.34. The molecule has 0 aliphatic heterocycles. The van der Waals surface area contributed by atoms with E-state index >= 15 is 0 Å². The topological polar surface area (TPSA) is 60.7 Å². The van der Waals surface area contributed by atoms with Crippen LogP contribution in [0.2, 0.25) is 0 Å². The number of benzene rings is 2. The number of aryl methyl sites for hydroxylation is 3. The first-order valence-corrected chi connectivity index (χ1v) is 10.5. The third-order valence-corrected chi connectivity index (χ3v) is 6.78. The van der Waals surface area contributed by atoms with E-state index in [9.17, 15) is 8.42 Å². The minimum Gasteiger partial charge on any atom is -0.383 e. The smallest absolute Gasteiger partial charge is 0.285 e. The van der Waals surface area contributed by atoms with E-state index in [0.717, 1.165) is 26.9 Å². The summed E-state index contributed by atoms with van der Waals surface area (Å²) in [5.41, 5.74) is 4.24. The maximum atomic E-state index is 12.8. The standard InChI is InChI=1S/C19H22N2O3S2/c1-13-5-7-16(8-6-13)26(22,23)20-19-21(9-10-24-4)17-12-14(2)11-15(3)18(17)25-19/h5-8,11-12H,9-10H2,1-4H3. The number of nitrogens with zero attached hydrogens (tertiary/aromatic N) is 2. The predicted octanol–water partition coefficient (Wildman–Crippen LogP) is 3.56. The van der Waals surface area contributed by atoms with Gasteiger partial charge in [0.2, 0.25) is 4.80 Å². The van der Waals surface area contributed by atoms with Crippen molar-refractivity contribution < 1.29 is 13.2 Å². The molecule has 0 radical (unpaired) electrons. The van der Waals surface area contributed by atoms with Gasteiger partial charge in [-0.1, -0.05) is 35.1 Å². The summed E-state index contributed by atoms with van der Waals surface area (Å²) in [6, 6.07) is 10.9. The van der Waals surface area contributed by atoms with Gasteiger partial charge in [0, 0.05) is 13.7 Å². The van der Waals surface area contributed by atoms with E-state index in [1.54, 1.807) is 31.4 Å². The fraction of sp³-hybridized carbons (Fsp3) is 0.316. The first-order chi connectivity index (χ1) is 12.3. The molecule has 0 spiro atoms. The van der Waals surface area contributed by atoms with Crippen molar-refractivity contribution in [3.63, 3.8) is 0 Å². The van der Waals surface area contributed by atoms with Crippen LogP contribution < -0.4 is 4.80 Å². The zero-order chi connectivity index (χ0) is 18.9. The summed E-state index contributed by atoms with van der Waals surface area (Å²) in [6.07, 6.45) is 0. The number of sulfonamides is 1. The van der Waals surface area contributed by atoms with Gasteiger partial charge in [-0.25, -0.2) is 0 Å². The van der Waals surface area contributed by atoms with Crippen LogP contribution in [0.4, 0.5) is 0 Å². The molecule has 1 aromatic heterocycles. The molecule has 0 amide bonds. The van der Waals surface area contributed by atoms with Crippen LogP contribution in [0.3, 0.4) is 0 Å². The molecule has 0 saturated carbocycles. The van der Waals surface area contributed by atoms with Crippen molar-refractivity contribution in [2.24, 2.45) is 4.40 Å². The molecule has 26 heavy (non-hydrogen) atoms. The maximum Gasteiger partial charge on any atom is 0.285 e. The Balaban J connectivity index is 2.24. The number of rotatable bonds is 5. The first kappa shape index (κ1) is 18.8. The summed E-state index contributed by atoms with van der Waals surface area (Å²) < 4.78 is 37.8. The highest BCUT2D eigenvalue weighted by molar-refractivity contribution is 7.90. The number of thiazole rings is 1. The lowest BCUT2D eigenvalue weighted by Gasteiger charge is -2.06. The Morgan fingerprint density at radius 1 is 1.08 bits per heavy atom. The third kappa shape index (κ3) is 3.75. The maximum absolute atomic E-state index is 12.8. The number of methoxy groups -OCH3 is 1. The molecule has 0 N–H and O–H groups in total. The SMILES string of the molecule is COCCn1c(=NS(=O)(=O)c2ccc(C)cc2)sc2c(C)cc(C)cc21. The molecule has 0 unspecified atom stereocenters. The zero-order valence-electron chi connectivity index (χ0n) is 15.3. The van der Waals surface area contributed by atoms with Crippen molar-refractivity contribution >= 4 is 31.6 Å². The molecule has 0 fully saturated rings. The molecule has 0 bridgehead atoms. The quantitative estimate of drug-likeness (QED) is 0.669. The van der Waals surface area contributed by atoms with Crippen LogP contribution in [0.1, 0.15) is 16.7 Å². The van der Waals surface area contributed by atoms with Crippen molar-refractivity contribution in [3.05, 3.63) is 57.9 Å². The van der Waals surface area contributed by atoms with Crippen molar-refractivity contribution in [1.29, 1.82) is 0 Å². The molecule has 0 atom stereocenters. The summed E-state index contributed by atoms with van der Waals surface area (Å²) in [4.78, 5) is 0.665. The van der Waals surface area contributed by atoms with Gasteiger partial charge in [0.05, 0.1) is 21.7 Å². The molecular weight excluding hydrogens is 368 g/mol. The lowest BCUT2D eigenvalue weighted by molar-refractivity contribution is 0.187. The highest BCUT2D eigenvalue weighted by Crippen LogP contribution is 2.24. The minimum absolute atomic E-state index is 0.201. The molecular formula is C19H22N2O3S2. The largest absolute Gasteiger partial charge is 0.383 e. The number of hydrogen-bond acceptors (Lipinski definition) is 4. The van der Waals surface area contributed by atoms with Crippen molar-refractivity contribution in [2.45, 2.75) is 32.2 Å². The van der Waals surface area contributed by atoms with E-state index in [-0.39, 0.29) is 4.90 Å². The summed E-state index contributed by atoms with van der Waals surface area (Å²) >= 11 is 1.40. The number of hydrogen-bond donors (Lipinski definition) is 0. The fourth-order valence-electron chi connectivity index (χ4n) is 2.85. The second-order valence-corrected chi connectivity index (χ2v) is 8.92. The van der Waals surface area contributed by atoms with Gasteiger partial charge in [-0.3, -0.25) is 0 Å². The highest BCUT2D eigenvalue weighted by Gasteiger charge is 2.15. The van der Waals surface area contributed by atoms with Crippen LogP contribution in [0.25, 0.3) is 10.2 Å². The number of ether oxygens (including phenoxy) is 1. The second-order valence-electron chi connectivity index (χ2n) is 6.34. The van der Waals surface area contributed by atoms with Crippen molar-refractivity contribution in [2.75, 3.05) is 13.7 Å². The highest BCUT2D eigenvalue weighted by atomic mass is 32.2. The number of fused-ring (bicyclic) bond motifs is 1. The van der Waals surface area contributed by atoms with Gasteiger partial charge in [0.1, 0.15) is 0 Å². The van der Waals surface area contributed by atoms with Crippen LogP contribution in [-0.4, -0.2) is 26.7 Å². The predicted molar refractivity (Wildman–Crippen MR) is 105 cm³/mol. The summed E-state index contributed by atoms with van der Waals surface area (Å²) in [6.45, 7) is 7.01. The van der Waals surface area contributed by atoms with Gasteiger partial charge in [-0.15, -0.1) is 4.40 Å². The molecule has 0 aliphatic rings. The van der Waals surface area contributed by atoms with Gasteiger partial charge < -0.3 is 9.30 Å². The molecule has 138 valence electrons. The monoisotopic (exact) mass is 390 g/mol. The van der Waals surface area contributed by atoms with Crippen molar-refractivity contribution in [1.82, 2.24) is 4.57 Å². The average Bonchev–Trinajstić information content (AvgIpc) is 2.90. The minimum atomic E-state index is -3.77. The average molecular weight is 391 g/mol. The summed E-state index contributed by atoms with van der Waals surface area (Å²) in [7, 11) is -2.14. The van der Waals surface area contributed by atoms with Crippen LogP contribution in [0, 0.1) is 20.8 Å². The van der Waals surface area contributed by atoms with E-state index in [4.69, 9.17) is 4.74 Å². The lowest BCUT2D eigenvalue weighted by Crippen LogP contribution is -2.19. The molecule has 3 rings (SSSR count). The van der Waals surface area contributed by atoms with Crippen LogP contribution in [0.15, 0.2) is 45.7 Å². The van der Waals surface area contributed by atoms with E-state index < -0.39 is 10.0 Å². The Kier molecular flexibility index (Phi) is 5.32. The van der Waals surface area contributed by atoms with E-state index in [1.165, 1.54) is 11.3 Å². The Bertz CT molecular complexity index is 1110. The first-order valence-electron chi connectivity index (χ1n) is 8.29. The normalized spacial score (nSPS) is 12.8. The summed E-state index contributed by atoms with van der Waals surface area (Å²) in [5, 5.41) is 0. The molecule has 0 saturated heterocycles. The van der Waals surface area contributed by atoms with Gasteiger partial charge in [0.25, 0.3) is 10.0 Å². The number of aromatic nitrogens is 1. The van der Waals surface area contributed by atoms with Gasteiger partial charge in [-0.05, 0) is 50.1 Å². The van der Waals surface area contributed by atoms with Gasteiger partial charge >= 0.3 is 0 Å². The Hall–Kier alpha value is -1.96. The zero-order valence-corrected chi connectivity index (χ0v) is 16.9. The molecule has 3 aromatic rings. The van der Waals surface area contributed by atoms with Crippen molar-refractivity contribution in [3.8, 4) is 0 Å². The Morgan fingerprint density at radius 3 is 2.42 bits per heavy atom. The molecule has 2 aromatic carbocycles. The van der Waals surface area contributed by atoms with Crippen LogP contribution in [0.5, 0.6) is 0 Å². The van der Waals surface area contributed by atoms with Crippen LogP contribution >= 0.6 is 11.3 Å². The van der Waals surface area contributed by atoms with E-state index in [0.29, 0.717) is 18.0 Å². The van der Waals surface area contributed by atoms with E-state index in [2.05, 4.69) is 16.5 Å². The molecule has 1 heterocycles. The summed E-state index contributed by atoms with van der Waals surface area (Å²) in [5.74, 6) is 0.